The number of halogens is 2. The van der Waals surface area contributed by atoms with Gasteiger partial charge in [-0.2, -0.15) is 5.10 Å². The van der Waals surface area contributed by atoms with Crippen LogP contribution in [0.1, 0.15) is 24.1 Å². The van der Waals surface area contributed by atoms with Gasteiger partial charge in [0.05, 0.1) is 11.2 Å². The molecule has 0 radical (unpaired) electrons. The molecule has 0 spiro atoms. The highest BCUT2D eigenvalue weighted by molar-refractivity contribution is 9.10. The minimum atomic E-state index is 0.266. The lowest BCUT2D eigenvalue weighted by Crippen LogP contribution is -2.22. The van der Waals surface area contributed by atoms with E-state index in [4.69, 9.17) is 11.6 Å². The SMILES string of the molecule is CCNC(Cc1cnn(C)c1)c1ccc(Cl)c(Br)c1. The molecule has 1 unspecified atom stereocenters. The Hall–Kier alpha value is -0.840. The van der Waals surface area contributed by atoms with Gasteiger partial charge in [-0.15, -0.1) is 0 Å². The molecule has 0 saturated heterocycles. The summed E-state index contributed by atoms with van der Waals surface area (Å²) in [4.78, 5) is 0. The number of nitrogens with one attached hydrogen (secondary N) is 1. The van der Waals surface area contributed by atoms with Gasteiger partial charge >= 0.3 is 0 Å². The Morgan fingerprint density at radius 2 is 2.26 bits per heavy atom. The second kappa shape index (κ2) is 6.55. The molecule has 102 valence electrons. The zero-order valence-corrected chi connectivity index (χ0v) is 13.4. The van der Waals surface area contributed by atoms with Gasteiger partial charge < -0.3 is 5.32 Å². The van der Waals surface area contributed by atoms with Gasteiger partial charge in [-0.05, 0) is 52.2 Å². The molecule has 0 aliphatic heterocycles. The number of hydrogen-bond acceptors (Lipinski definition) is 2. The largest absolute Gasteiger partial charge is 0.310 e. The first-order valence-electron chi connectivity index (χ1n) is 6.26. The quantitative estimate of drug-likeness (QED) is 0.897. The monoisotopic (exact) mass is 341 g/mol. The lowest BCUT2D eigenvalue weighted by molar-refractivity contribution is 0.549. The van der Waals surface area contributed by atoms with Crippen molar-refractivity contribution in [1.82, 2.24) is 15.1 Å². The van der Waals surface area contributed by atoms with Gasteiger partial charge in [0.1, 0.15) is 0 Å². The average Bonchev–Trinajstić information content (AvgIpc) is 2.78. The van der Waals surface area contributed by atoms with Crippen LogP contribution < -0.4 is 5.32 Å². The topological polar surface area (TPSA) is 29.9 Å². The van der Waals surface area contributed by atoms with Gasteiger partial charge in [-0.1, -0.05) is 24.6 Å². The smallest absolute Gasteiger partial charge is 0.0548 e. The van der Waals surface area contributed by atoms with Crippen LogP contribution in [0.25, 0.3) is 0 Å². The fraction of sp³-hybridized carbons (Fsp3) is 0.357. The zero-order valence-electron chi connectivity index (χ0n) is 11.0. The highest BCUT2D eigenvalue weighted by Crippen LogP contribution is 2.27. The number of benzene rings is 1. The summed E-state index contributed by atoms with van der Waals surface area (Å²) in [7, 11) is 1.94. The van der Waals surface area contributed by atoms with Crippen molar-refractivity contribution in [3.05, 3.63) is 51.2 Å². The summed E-state index contributed by atoms with van der Waals surface area (Å²) < 4.78 is 2.76. The first kappa shape index (κ1) is 14.6. The highest BCUT2D eigenvalue weighted by atomic mass is 79.9. The summed E-state index contributed by atoms with van der Waals surface area (Å²) in [5.41, 5.74) is 2.45. The highest BCUT2D eigenvalue weighted by Gasteiger charge is 2.13. The molecule has 0 bridgehead atoms. The van der Waals surface area contributed by atoms with Crippen LogP contribution >= 0.6 is 27.5 Å². The van der Waals surface area contributed by atoms with Crippen LogP contribution in [0, 0.1) is 0 Å². The Morgan fingerprint density at radius 1 is 1.47 bits per heavy atom. The van der Waals surface area contributed by atoms with E-state index in [2.05, 4.69) is 51.6 Å². The van der Waals surface area contributed by atoms with Gasteiger partial charge in [0.15, 0.2) is 0 Å². The lowest BCUT2D eigenvalue weighted by Gasteiger charge is -2.18. The van der Waals surface area contributed by atoms with Crippen LogP contribution in [-0.2, 0) is 13.5 Å². The molecule has 1 atom stereocenters. The third-order valence-electron chi connectivity index (χ3n) is 2.99. The van der Waals surface area contributed by atoms with E-state index in [0.29, 0.717) is 0 Å². The molecule has 1 N–H and O–H groups in total. The van der Waals surface area contributed by atoms with Crippen molar-refractivity contribution >= 4 is 27.5 Å². The van der Waals surface area contributed by atoms with Gasteiger partial charge in [0.25, 0.3) is 0 Å². The molecule has 1 aromatic carbocycles. The standard InChI is InChI=1S/C14H17BrClN3/c1-3-17-14(6-10-8-18-19(2)9-10)11-4-5-13(16)12(15)7-11/h4-5,7-9,14,17H,3,6H2,1-2H3. The Bertz CT molecular complexity index is 553. The van der Waals surface area contributed by atoms with Crippen molar-refractivity contribution < 1.29 is 0 Å². The van der Waals surface area contributed by atoms with E-state index in [-0.39, 0.29) is 6.04 Å². The number of nitrogens with zero attached hydrogens (tertiary/aromatic N) is 2. The number of aromatic nitrogens is 2. The molecule has 0 aliphatic carbocycles. The van der Waals surface area contributed by atoms with Crippen molar-refractivity contribution in [3.8, 4) is 0 Å². The number of hydrogen-bond donors (Lipinski definition) is 1. The molecule has 0 saturated carbocycles. The summed E-state index contributed by atoms with van der Waals surface area (Å²) in [6.45, 7) is 3.03. The fourth-order valence-electron chi connectivity index (χ4n) is 2.10. The van der Waals surface area contributed by atoms with Gasteiger partial charge in [-0.25, -0.2) is 0 Å². The van der Waals surface area contributed by atoms with Crippen molar-refractivity contribution in [2.75, 3.05) is 6.54 Å². The van der Waals surface area contributed by atoms with E-state index < -0.39 is 0 Å². The second-order valence-corrected chi connectivity index (χ2v) is 5.77. The molecule has 1 heterocycles. The Kier molecular flexibility index (Phi) is 5.02. The molecule has 0 aliphatic rings. The third-order valence-corrected chi connectivity index (χ3v) is 4.21. The molecule has 2 aromatic rings. The van der Waals surface area contributed by atoms with E-state index in [1.54, 1.807) is 0 Å². The number of rotatable bonds is 5. The zero-order chi connectivity index (χ0) is 13.8. The van der Waals surface area contributed by atoms with Gasteiger partial charge in [-0.3, -0.25) is 4.68 Å². The summed E-state index contributed by atoms with van der Waals surface area (Å²) >= 11 is 9.52. The summed E-state index contributed by atoms with van der Waals surface area (Å²) in [5.74, 6) is 0. The minimum absolute atomic E-state index is 0.266. The third kappa shape index (κ3) is 3.81. The Morgan fingerprint density at radius 3 is 2.84 bits per heavy atom. The van der Waals surface area contributed by atoms with Crippen molar-refractivity contribution in [1.29, 1.82) is 0 Å². The molecule has 5 heteroatoms. The first-order valence-corrected chi connectivity index (χ1v) is 7.43. The maximum atomic E-state index is 6.05. The van der Waals surface area contributed by atoms with Crippen LogP contribution in [0.2, 0.25) is 5.02 Å². The summed E-state index contributed by atoms with van der Waals surface area (Å²) in [6, 6.07) is 6.33. The van der Waals surface area contributed by atoms with Crippen molar-refractivity contribution in [3.63, 3.8) is 0 Å². The average molecular weight is 343 g/mol. The summed E-state index contributed by atoms with van der Waals surface area (Å²) in [6.07, 6.45) is 4.88. The Balaban J connectivity index is 2.21. The van der Waals surface area contributed by atoms with Gasteiger partial charge in [0, 0.05) is 23.8 Å². The Labute approximate surface area is 127 Å². The fourth-order valence-corrected chi connectivity index (χ4v) is 2.61. The number of aryl methyl sites for hydroxylation is 1. The van der Waals surface area contributed by atoms with Crippen LogP contribution in [0.4, 0.5) is 0 Å². The second-order valence-electron chi connectivity index (χ2n) is 4.51. The van der Waals surface area contributed by atoms with E-state index in [1.807, 2.05) is 24.0 Å². The maximum Gasteiger partial charge on any atom is 0.0548 e. The van der Waals surface area contributed by atoms with E-state index >= 15 is 0 Å². The van der Waals surface area contributed by atoms with E-state index in [0.717, 1.165) is 22.5 Å². The molecule has 19 heavy (non-hydrogen) atoms. The van der Waals surface area contributed by atoms with E-state index in [1.165, 1.54) is 11.1 Å². The number of likely N-dealkylation sites (N-methyl/N-ethyl adjacent to an activating group) is 1. The lowest BCUT2D eigenvalue weighted by atomic mass is 10.0. The van der Waals surface area contributed by atoms with Gasteiger partial charge in [0.2, 0.25) is 0 Å². The normalized spacial score (nSPS) is 12.6. The maximum absolute atomic E-state index is 6.05. The minimum Gasteiger partial charge on any atom is -0.310 e. The van der Waals surface area contributed by atoms with Crippen LogP contribution in [-0.4, -0.2) is 16.3 Å². The molecule has 0 amide bonds. The molecule has 2 rings (SSSR count). The first-order chi connectivity index (χ1) is 9.10. The van der Waals surface area contributed by atoms with Crippen LogP contribution in [0.5, 0.6) is 0 Å². The molecule has 3 nitrogen and oxygen atoms in total. The van der Waals surface area contributed by atoms with Crippen molar-refractivity contribution in [2.24, 2.45) is 7.05 Å². The van der Waals surface area contributed by atoms with Crippen LogP contribution in [0.3, 0.4) is 0 Å². The van der Waals surface area contributed by atoms with E-state index in [9.17, 15) is 0 Å². The van der Waals surface area contributed by atoms with Crippen molar-refractivity contribution in [2.45, 2.75) is 19.4 Å². The molecular weight excluding hydrogens is 326 g/mol. The predicted octanol–water partition coefficient (Wildman–Crippen LogP) is 3.73. The molecular formula is C14H17BrClN3. The molecule has 0 fully saturated rings. The molecule has 1 aromatic heterocycles. The predicted molar refractivity (Wildman–Crippen MR) is 82.5 cm³/mol. The van der Waals surface area contributed by atoms with Crippen LogP contribution in [0.15, 0.2) is 35.1 Å². The summed E-state index contributed by atoms with van der Waals surface area (Å²) in [5, 5.41) is 8.45.